The summed E-state index contributed by atoms with van der Waals surface area (Å²) in [7, 11) is 0. The predicted molar refractivity (Wildman–Crippen MR) is 46.3 cm³/mol. The minimum absolute atomic E-state index is 0.00694. The topological polar surface area (TPSA) is 54.4 Å². The molecular weight excluding hydrogens is 170 g/mol. The Morgan fingerprint density at radius 2 is 2.31 bits per heavy atom. The van der Waals surface area contributed by atoms with Gasteiger partial charge in [0.2, 0.25) is 0 Å². The highest BCUT2D eigenvalue weighted by molar-refractivity contribution is 5.80. The largest absolute Gasteiger partial charge is 0.478 e. The number of hydrogen-bond acceptors (Lipinski definition) is 2. The van der Waals surface area contributed by atoms with Gasteiger partial charge in [0.25, 0.3) is 0 Å². The van der Waals surface area contributed by atoms with Crippen molar-refractivity contribution in [3.63, 3.8) is 0 Å². The summed E-state index contributed by atoms with van der Waals surface area (Å²) >= 11 is 0. The van der Waals surface area contributed by atoms with Crippen LogP contribution in [0.1, 0.15) is 12.8 Å². The minimum Gasteiger partial charge on any atom is -0.478 e. The number of carboxylic acids is 1. The molecule has 1 amide bonds. The summed E-state index contributed by atoms with van der Waals surface area (Å²) in [6.07, 6.45) is 5.13. The first kappa shape index (κ1) is 9.67. The molecule has 1 aliphatic heterocycles. The van der Waals surface area contributed by atoms with Gasteiger partial charge in [0.05, 0.1) is 19.0 Å². The van der Waals surface area contributed by atoms with Crippen molar-refractivity contribution in [2.24, 2.45) is 0 Å². The highest BCUT2D eigenvalue weighted by atomic mass is 16.4. The fourth-order valence-electron chi connectivity index (χ4n) is 1.43. The van der Waals surface area contributed by atoms with Crippen molar-refractivity contribution < 1.29 is 19.2 Å². The maximum absolute atomic E-state index is 11.4. The molecule has 1 N–H and O–H groups in total. The van der Waals surface area contributed by atoms with E-state index in [4.69, 9.17) is 5.11 Å². The lowest BCUT2D eigenvalue weighted by Gasteiger charge is -2.20. The molecule has 0 saturated carbocycles. The third kappa shape index (κ3) is 1.84. The van der Waals surface area contributed by atoms with Gasteiger partial charge in [0.15, 0.2) is 0 Å². The zero-order chi connectivity index (χ0) is 9.90. The smallest absolute Gasteiger partial charge is 0.333 e. The molecular formula is C9H12NO3+. The zero-order valence-electron chi connectivity index (χ0n) is 7.27. The molecule has 4 nitrogen and oxygen atoms in total. The minimum atomic E-state index is -1.04. The molecule has 0 spiro atoms. The van der Waals surface area contributed by atoms with Crippen molar-refractivity contribution in [1.82, 2.24) is 0 Å². The van der Waals surface area contributed by atoms with E-state index in [0.717, 1.165) is 12.5 Å². The molecule has 0 aromatic rings. The van der Waals surface area contributed by atoms with E-state index >= 15 is 0 Å². The summed E-state index contributed by atoms with van der Waals surface area (Å²) < 4.78 is -0.0354. The number of rotatable bonds is 3. The van der Waals surface area contributed by atoms with Gasteiger partial charge in [0, 0.05) is 6.42 Å². The third-order valence-electron chi connectivity index (χ3n) is 2.19. The van der Waals surface area contributed by atoms with E-state index in [-0.39, 0.29) is 10.4 Å². The van der Waals surface area contributed by atoms with Crippen LogP contribution in [-0.4, -0.2) is 28.0 Å². The molecule has 70 valence electrons. The summed E-state index contributed by atoms with van der Waals surface area (Å²) in [6.45, 7) is 4.17. The van der Waals surface area contributed by atoms with Gasteiger partial charge in [-0.05, 0) is 6.58 Å². The molecule has 0 bridgehead atoms. The van der Waals surface area contributed by atoms with Gasteiger partial charge in [-0.1, -0.05) is 0 Å². The maximum atomic E-state index is 11.4. The van der Waals surface area contributed by atoms with Crippen LogP contribution in [-0.2, 0) is 9.59 Å². The Bertz CT molecular complexity index is 283. The first-order chi connectivity index (χ1) is 6.10. The third-order valence-corrected chi connectivity index (χ3v) is 2.19. The van der Waals surface area contributed by atoms with Crippen LogP contribution in [0.15, 0.2) is 25.1 Å². The van der Waals surface area contributed by atoms with Crippen molar-refractivity contribution in [1.29, 1.82) is 0 Å². The lowest BCUT2D eigenvalue weighted by molar-refractivity contribution is -0.738. The second-order valence-corrected chi connectivity index (χ2v) is 2.99. The average Bonchev–Trinajstić information content (AvgIpc) is 2.45. The summed E-state index contributed by atoms with van der Waals surface area (Å²) in [6, 6.07) is 0. The Balaban J connectivity index is 2.87. The molecule has 1 saturated heterocycles. The molecule has 1 atom stereocenters. The molecule has 13 heavy (non-hydrogen) atoms. The van der Waals surface area contributed by atoms with Gasteiger partial charge in [-0.2, -0.15) is 0 Å². The summed E-state index contributed by atoms with van der Waals surface area (Å²) in [5, 5.41) is 8.43. The number of nitrogens with zero attached hydrogens (tertiary/aromatic N) is 1. The highest BCUT2D eigenvalue weighted by Gasteiger charge is 2.37. The van der Waals surface area contributed by atoms with Crippen LogP contribution in [0, 0.1) is 0 Å². The Hall–Kier alpha value is -1.42. The monoisotopic (exact) mass is 182 g/mol. The van der Waals surface area contributed by atoms with E-state index < -0.39 is 5.97 Å². The Morgan fingerprint density at radius 3 is 2.69 bits per heavy atom. The second-order valence-electron chi connectivity index (χ2n) is 2.99. The van der Waals surface area contributed by atoms with Crippen molar-refractivity contribution in [3.8, 4) is 0 Å². The fraction of sp³-hybridized carbons (Fsp3) is 0.333. The van der Waals surface area contributed by atoms with Crippen LogP contribution in [0.3, 0.4) is 0 Å². The summed E-state index contributed by atoms with van der Waals surface area (Å²) in [5.41, 5.74) is 0. The van der Waals surface area contributed by atoms with Gasteiger partial charge >= 0.3 is 11.9 Å². The average molecular weight is 182 g/mol. The molecule has 0 aliphatic carbocycles. The Kier molecular flexibility index (Phi) is 2.63. The number of carboxylic acid groups (broad SMARTS) is 1. The van der Waals surface area contributed by atoms with Gasteiger partial charge in [-0.3, -0.25) is 0 Å². The van der Waals surface area contributed by atoms with Crippen molar-refractivity contribution >= 4 is 11.9 Å². The number of likely N-dealkylation sites (tertiary alicyclic amines) is 1. The normalized spacial score (nSPS) is 28.2. The van der Waals surface area contributed by atoms with Crippen molar-refractivity contribution in [2.45, 2.75) is 12.8 Å². The van der Waals surface area contributed by atoms with Crippen LogP contribution >= 0.6 is 0 Å². The molecule has 1 fully saturated rings. The van der Waals surface area contributed by atoms with E-state index in [2.05, 4.69) is 6.58 Å². The quantitative estimate of drug-likeness (QED) is 0.520. The standard InChI is InChI=1S/C9H11NO3/c1-2-10(7-5-9(12)13)6-3-4-8(10)11/h2,5,7H,1,3-4,6H2/p+1. The van der Waals surface area contributed by atoms with Gasteiger partial charge in [-0.15, -0.1) is 0 Å². The van der Waals surface area contributed by atoms with Crippen LogP contribution in [0.4, 0.5) is 0 Å². The number of carbonyl (C=O) groups is 2. The molecule has 1 rings (SSSR count). The number of quaternary nitrogens is 1. The van der Waals surface area contributed by atoms with Crippen LogP contribution in [0.2, 0.25) is 0 Å². The second kappa shape index (κ2) is 3.53. The van der Waals surface area contributed by atoms with E-state index in [0.29, 0.717) is 13.0 Å². The number of aliphatic carboxylic acids is 1. The number of amides is 1. The fourth-order valence-corrected chi connectivity index (χ4v) is 1.43. The first-order valence-corrected chi connectivity index (χ1v) is 4.07. The van der Waals surface area contributed by atoms with Gasteiger partial charge < -0.3 is 5.11 Å². The van der Waals surface area contributed by atoms with Gasteiger partial charge in [0.1, 0.15) is 12.4 Å². The zero-order valence-corrected chi connectivity index (χ0v) is 7.27. The van der Waals surface area contributed by atoms with Crippen molar-refractivity contribution in [2.75, 3.05) is 6.54 Å². The molecule has 0 aromatic heterocycles. The Morgan fingerprint density at radius 1 is 1.62 bits per heavy atom. The van der Waals surface area contributed by atoms with Crippen molar-refractivity contribution in [3.05, 3.63) is 25.1 Å². The number of hydrogen-bond donors (Lipinski definition) is 1. The highest BCUT2D eigenvalue weighted by Crippen LogP contribution is 2.22. The first-order valence-electron chi connectivity index (χ1n) is 4.07. The lowest BCUT2D eigenvalue weighted by atomic mass is 10.4. The number of carbonyl (C=O) groups excluding carboxylic acids is 1. The summed E-state index contributed by atoms with van der Waals surface area (Å²) in [4.78, 5) is 21.7. The maximum Gasteiger partial charge on any atom is 0.333 e. The van der Waals surface area contributed by atoms with Crippen LogP contribution < -0.4 is 0 Å². The summed E-state index contributed by atoms with van der Waals surface area (Å²) in [5.74, 6) is -1.04. The molecule has 1 unspecified atom stereocenters. The molecule has 1 aliphatic rings. The molecule has 0 radical (unpaired) electrons. The Labute approximate surface area is 76.4 Å². The SMILES string of the molecule is C=C[N+]1(C=CC(=O)O)CCCC1=O. The molecule has 1 heterocycles. The van der Waals surface area contributed by atoms with E-state index in [9.17, 15) is 9.59 Å². The molecule has 4 heteroatoms. The molecule has 0 aromatic carbocycles. The predicted octanol–water partition coefficient (Wildman–Crippen LogP) is 0.865. The van der Waals surface area contributed by atoms with Crippen LogP contribution in [0.25, 0.3) is 0 Å². The lowest BCUT2D eigenvalue weighted by Crippen LogP contribution is -2.37. The van der Waals surface area contributed by atoms with Crippen LogP contribution in [0.5, 0.6) is 0 Å². The van der Waals surface area contributed by atoms with E-state index in [1.54, 1.807) is 0 Å². The van der Waals surface area contributed by atoms with Gasteiger partial charge in [-0.25, -0.2) is 14.1 Å². The van der Waals surface area contributed by atoms with E-state index in [1.807, 2.05) is 0 Å². The van der Waals surface area contributed by atoms with E-state index in [1.165, 1.54) is 12.4 Å².